The Morgan fingerprint density at radius 1 is 1.57 bits per heavy atom. The van der Waals surface area contributed by atoms with Crippen molar-refractivity contribution in [3.8, 4) is 5.75 Å². The van der Waals surface area contributed by atoms with Crippen molar-refractivity contribution in [3.63, 3.8) is 0 Å². The second kappa shape index (κ2) is 3.33. The van der Waals surface area contributed by atoms with Gasteiger partial charge in [-0.2, -0.15) is 0 Å². The lowest BCUT2D eigenvalue weighted by atomic mass is 10.1. The van der Waals surface area contributed by atoms with Gasteiger partial charge < -0.3 is 10.8 Å². The SMILES string of the molecule is Cc1c(O)cc(C(N)=O)cc1[N+](=O)[O-]. The molecule has 1 aromatic carbocycles. The number of hydrogen-bond donors (Lipinski definition) is 2. The Hall–Kier alpha value is -2.11. The van der Waals surface area contributed by atoms with Gasteiger partial charge in [0.05, 0.1) is 10.5 Å². The summed E-state index contributed by atoms with van der Waals surface area (Å²) in [5.41, 5.74) is 4.64. The van der Waals surface area contributed by atoms with E-state index >= 15 is 0 Å². The molecule has 74 valence electrons. The van der Waals surface area contributed by atoms with Crippen LogP contribution in [-0.4, -0.2) is 15.9 Å². The Bertz CT molecular complexity index is 414. The van der Waals surface area contributed by atoms with E-state index in [2.05, 4.69) is 0 Å². The van der Waals surface area contributed by atoms with Crippen LogP contribution in [0.1, 0.15) is 15.9 Å². The van der Waals surface area contributed by atoms with Crippen molar-refractivity contribution < 1.29 is 14.8 Å². The molecule has 6 nitrogen and oxygen atoms in total. The number of nitrogens with two attached hydrogens (primary N) is 1. The third-order valence-corrected chi connectivity index (χ3v) is 1.83. The second-order valence-electron chi connectivity index (χ2n) is 2.76. The van der Waals surface area contributed by atoms with E-state index in [0.717, 1.165) is 12.1 Å². The maximum atomic E-state index is 10.7. The summed E-state index contributed by atoms with van der Waals surface area (Å²) in [6, 6.07) is 2.14. The van der Waals surface area contributed by atoms with Crippen molar-refractivity contribution in [1.29, 1.82) is 0 Å². The summed E-state index contributed by atoms with van der Waals surface area (Å²) in [5.74, 6) is -1.13. The highest BCUT2D eigenvalue weighted by molar-refractivity contribution is 5.94. The summed E-state index contributed by atoms with van der Waals surface area (Å²) < 4.78 is 0. The topological polar surface area (TPSA) is 106 Å². The fourth-order valence-corrected chi connectivity index (χ4v) is 1.02. The molecule has 1 aromatic rings. The standard InChI is InChI=1S/C8H8N2O4/c1-4-6(10(13)14)2-5(8(9)12)3-7(4)11/h2-3,11H,1H3,(H2,9,12). The predicted molar refractivity (Wildman–Crippen MR) is 48.0 cm³/mol. The number of nitro benzene ring substituents is 1. The molecule has 0 saturated carbocycles. The molecule has 0 radical (unpaired) electrons. The normalized spacial score (nSPS) is 9.79. The zero-order chi connectivity index (χ0) is 10.9. The quantitative estimate of drug-likeness (QED) is 0.536. The van der Waals surface area contributed by atoms with Crippen LogP contribution in [0.4, 0.5) is 5.69 Å². The minimum atomic E-state index is -0.816. The van der Waals surface area contributed by atoms with Gasteiger partial charge in [-0.3, -0.25) is 14.9 Å². The number of aromatic hydroxyl groups is 1. The third kappa shape index (κ3) is 1.63. The zero-order valence-corrected chi connectivity index (χ0v) is 7.35. The van der Waals surface area contributed by atoms with Gasteiger partial charge >= 0.3 is 0 Å². The van der Waals surface area contributed by atoms with Gasteiger partial charge in [0.25, 0.3) is 5.69 Å². The second-order valence-corrected chi connectivity index (χ2v) is 2.76. The minimum absolute atomic E-state index is 0.0835. The molecule has 0 unspecified atom stereocenters. The number of hydrogen-bond acceptors (Lipinski definition) is 4. The molecule has 6 heteroatoms. The van der Waals surface area contributed by atoms with E-state index in [9.17, 15) is 20.0 Å². The summed E-state index contributed by atoms with van der Waals surface area (Å²) in [6.07, 6.45) is 0. The molecular weight excluding hydrogens is 188 g/mol. The van der Waals surface area contributed by atoms with Crippen LogP contribution in [0.2, 0.25) is 0 Å². The highest BCUT2D eigenvalue weighted by Gasteiger charge is 2.17. The van der Waals surface area contributed by atoms with Crippen LogP contribution in [0.5, 0.6) is 5.75 Å². The van der Waals surface area contributed by atoms with Crippen LogP contribution in [-0.2, 0) is 0 Å². The smallest absolute Gasteiger partial charge is 0.276 e. The average Bonchev–Trinajstić information content (AvgIpc) is 2.08. The van der Waals surface area contributed by atoms with Gasteiger partial charge in [0, 0.05) is 11.6 Å². The Labute approximate surface area is 79.1 Å². The monoisotopic (exact) mass is 196 g/mol. The van der Waals surface area contributed by atoms with Gasteiger partial charge in [-0.25, -0.2) is 0 Å². The Morgan fingerprint density at radius 3 is 2.57 bits per heavy atom. The number of amides is 1. The van der Waals surface area contributed by atoms with Crippen LogP contribution in [0.15, 0.2) is 12.1 Å². The third-order valence-electron chi connectivity index (χ3n) is 1.83. The average molecular weight is 196 g/mol. The fourth-order valence-electron chi connectivity index (χ4n) is 1.02. The maximum Gasteiger partial charge on any atom is 0.276 e. The first-order valence-corrected chi connectivity index (χ1v) is 3.71. The molecular formula is C8H8N2O4. The molecule has 0 aliphatic rings. The predicted octanol–water partition coefficient (Wildman–Crippen LogP) is 0.708. The highest BCUT2D eigenvalue weighted by atomic mass is 16.6. The van der Waals surface area contributed by atoms with E-state index in [4.69, 9.17) is 5.73 Å². The number of phenolic OH excluding ortho intramolecular Hbond substituents is 1. The van der Waals surface area contributed by atoms with Crippen molar-refractivity contribution in [2.24, 2.45) is 5.73 Å². The Morgan fingerprint density at radius 2 is 2.14 bits per heavy atom. The molecule has 0 atom stereocenters. The van der Waals surface area contributed by atoms with Crippen LogP contribution in [0.25, 0.3) is 0 Å². The number of nitrogens with zero attached hydrogens (tertiary/aromatic N) is 1. The number of carbonyl (C=O) groups is 1. The molecule has 0 fully saturated rings. The number of nitro groups is 1. The Kier molecular flexibility index (Phi) is 2.37. The Balaban J connectivity index is 3.43. The van der Waals surface area contributed by atoms with E-state index < -0.39 is 10.8 Å². The van der Waals surface area contributed by atoms with Crippen LogP contribution in [0, 0.1) is 17.0 Å². The summed E-state index contributed by atoms with van der Waals surface area (Å²) in [4.78, 5) is 20.5. The van der Waals surface area contributed by atoms with Gasteiger partial charge in [0.2, 0.25) is 5.91 Å². The zero-order valence-electron chi connectivity index (χ0n) is 7.35. The van der Waals surface area contributed by atoms with Crippen LogP contribution < -0.4 is 5.73 Å². The lowest BCUT2D eigenvalue weighted by molar-refractivity contribution is -0.385. The highest BCUT2D eigenvalue weighted by Crippen LogP contribution is 2.28. The summed E-state index contributed by atoms with van der Waals surface area (Å²) >= 11 is 0. The molecule has 0 heterocycles. The van der Waals surface area contributed by atoms with E-state index in [1.54, 1.807) is 0 Å². The van der Waals surface area contributed by atoms with Gasteiger partial charge in [0.1, 0.15) is 5.75 Å². The molecule has 0 spiro atoms. The summed E-state index contributed by atoms with van der Waals surface area (Å²) in [5, 5.41) is 19.8. The van der Waals surface area contributed by atoms with Gasteiger partial charge in [-0.05, 0) is 13.0 Å². The van der Waals surface area contributed by atoms with Gasteiger partial charge in [-0.1, -0.05) is 0 Å². The minimum Gasteiger partial charge on any atom is -0.507 e. The molecule has 14 heavy (non-hydrogen) atoms. The van der Waals surface area contributed by atoms with E-state index in [-0.39, 0.29) is 22.6 Å². The van der Waals surface area contributed by atoms with Crippen molar-refractivity contribution >= 4 is 11.6 Å². The van der Waals surface area contributed by atoms with Crippen LogP contribution >= 0.6 is 0 Å². The lowest BCUT2D eigenvalue weighted by Gasteiger charge is -2.02. The lowest BCUT2D eigenvalue weighted by Crippen LogP contribution is -2.11. The number of rotatable bonds is 2. The first-order valence-electron chi connectivity index (χ1n) is 3.71. The first-order chi connectivity index (χ1) is 6.43. The first kappa shape index (κ1) is 9.97. The maximum absolute atomic E-state index is 10.7. The number of carbonyl (C=O) groups excluding carboxylic acids is 1. The molecule has 0 bridgehead atoms. The molecule has 0 aliphatic carbocycles. The van der Waals surface area contributed by atoms with Crippen molar-refractivity contribution in [2.45, 2.75) is 6.92 Å². The number of primary amides is 1. The largest absolute Gasteiger partial charge is 0.507 e. The molecule has 1 amide bonds. The van der Waals surface area contributed by atoms with E-state index in [0.29, 0.717) is 0 Å². The van der Waals surface area contributed by atoms with Crippen molar-refractivity contribution in [2.75, 3.05) is 0 Å². The molecule has 0 aromatic heterocycles. The van der Waals surface area contributed by atoms with Crippen molar-refractivity contribution in [3.05, 3.63) is 33.4 Å². The fraction of sp³-hybridized carbons (Fsp3) is 0.125. The van der Waals surface area contributed by atoms with Gasteiger partial charge in [0.15, 0.2) is 0 Å². The summed E-state index contributed by atoms with van der Waals surface area (Å²) in [6.45, 7) is 1.39. The molecule has 0 saturated heterocycles. The van der Waals surface area contributed by atoms with E-state index in [1.807, 2.05) is 0 Å². The number of benzene rings is 1. The molecule has 3 N–H and O–H groups in total. The van der Waals surface area contributed by atoms with Crippen LogP contribution in [0.3, 0.4) is 0 Å². The number of phenols is 1. The summed E-state index contributed by atoms with van der Waals surface area (Å²) in [7, 11) is 0. The van der Waals surface area contributed by atoms with Gasteiger partial charge in [-0.15, -0.1) is 0 Å². The molecule has 0 aliphatic heterocycles. The molecule has 1 rings (SSSR count). The van der Waals surface area contributed by atoms with Crippen molar-refractivity contribution in [1.82, 2.24) is 0 Å². The van der Waals surface area contributed by atoms with E-state index in [1.165, 1.54) is 6.92 Å².